The zero-order chi connectivity index (χ0) is 21.1. The molecule has 1 N–H and O–H groups in total. The average molecular weight is 428 g/mol. The fraction of sp³-hybridized carbons (Fsp3) is 0.227. The Kier molecular flexibility index (Phi) is 5.69. The van der Waals surface area contributed by atoms with Gasteiger partial charge in [-0.25, -0.2) is 17.5 Å². The molecule has 1 saturated heterocycles. The molecular formula is C22H21FN2O4S. The third kappa shape index (κ3) is 4.44. The zero-order valence-corrected chi connectivity index (χ0v) is 16.9. The lowest BCUT2D eigenvalue weighted by atomic mass is 10.1. The van der Waals surface area contributed by atoms with E-state index in [0.717, 1.165) is 0 Å². The highest BCUT2D eigenvalue weighted by Crippen LogP contribution is 2.24. The quantitative estimate of drug-likeness (QED) is 0.673. The molecule has 0 spiro atoms. The van der Waals surface area contributed by atoms with Crippen LogP contribution >= 0.6 is 0 Å². The van der Waals surface area contributed by atoms with Crippen molar-refractivity contribution in [1.82, 2.24) is 9.62 Å². The van der Waals surface area contributed by atoms with Crippen molar-refractivity contribution >= 4 is 15.9 Å². The number of furan rings is 1. The number of carbonyl (C=O) groups is 1. The van der Waals surface area contributed by atoms with Gasteiger partial charge in [-0.2, -0.15) is 0 Å². The molecule has 8 heteroatoms. The second-order valence-electron chi connectivity index (χ2n) is 7.17. The molecule has 0 unspecified atom stereocenters. The first kappa shape index (κ1) is 20.3. The Balaban J connectivity index is 1.36. The van der Waals surface area contributed by atoms with Crippen LogP contribution in [0.25, 0.3) is 11.3 Å². The molecule has 4 rings (SSSR count). The Hall–Kier alpha value is -2.97. The molecule has 0 aliphatic carbocycles. The van der Waals surface area contributed by atoms with Gasteiger partial charge in [0.15, 0.2) is 5.76 Å². The molecule has 30 heavy (non-hydrogen) atoms. The van der Waals surface area contributed by atoms with E-state index in [-0.39, 0.29) is 28.4 Å². The van der Waals surface area contributed by atoms with Crippen LogP contribution in [0.1, 0.15) is 23.4 Å². The fourth-order valence-electron chi connectivity index (χ4n) is 3.47. The Morgan fingerprint density at radius 1 is 0.967 bits per heavy atom. The highest BCUT2D eigenvalue weighted by molar-refractivity contribution is 7.89. The van der Waals surface area contributed by atoms with Crippen LogP contribution in [0.5, 0.6) is 0 Å². The monoisotopic (exact) mass is 428 g/mol. The molecular weight excluding hydrogens is 407 g/mol. The van der Waals surface area contributed by atoms with Gasteiger partial charge in [0.1, 0.15) is 11.6 Å². The maximum absolute atomic E-state index is 13.1. The van der Waals surface area contributed by atoms with E-state index in [0.29, 0.717) is 37.3 Å². The SMILES string of the molecule is O=C(c1ccc(-c2ccc(F)cc2)o1)N1CCC(NS(=O)(=O)c2ccccc2)CC1. The van der Waals surface area contributed by atoms with Gasteiger partial charge in [-0.05, 0) is 61.4 Å². The summed E-state index contributed by atoms with van der Waals surface area (Å²) in [5.74, 6) is 0.113. The van der Waals surface area contributed by atoms with Crippen molar-refractivity contribution in [2.45, 2.75) is 23.8 Å². The van der Waals surface area contributed by atoms with E-state index in [9.17, 15) is 17.6 Å². The standard InChI is InChI=1S/C22H21FN2O4S/c23-17-8-6-16(7-9-17)20-10-11-21(29-20)22(26)25-14-12-18(13-15-25)24-30(27,28)19-4-2-1-3-5-19/h1-11,18,24H,12-15H2. The second-order valence-corrected chi connectivity index (χ2v) is 8.89. The van der Waals surface area contributed by atoms with E-state index in [4.69, 9.17) is 4.42 Å². The maximum atomic E-state index is 13.1. The van der Waals surface area contributed by atoms with Crippen molar-refractivity contribution < 1.29 is 22.0 Å². The van der Waals surface area contributed by atoms with Gasteiger partial charge in [0, 0.05) is 24.7 Å². The number of likely N-dealkylation sites (tertiary alicyclic amines) is 1. The zero-order valence-electron chi connectivity index (χ0n) is 16.1. The van der Waals surface area contributed by atoms with Gasteiger partial charge in [-0.1, -0.05) is 18.2 Å². The van der Waals surface area contributed by atoms with Gasteiger partial charge < -0.3 is 9.32 Å². The summed E-state index contributed by atoms with van der Waals surface area (Å²) in [6, 6.07) is 17.1. The summed E-state index contributed by atoms with van der Waals surface area (Å²) in [6.45, 7) is 0.848. The molecule has 6 nitrogen and oxygen atoms in total. The first-order valence-corrected chi connectivity index (χ1v) is 11.1. The Morgan fingerprint density at radius 3 is 2.30 bits per heavy atom. The van der Waals surface area contributed by atoms with E-state index in [1.54, 1.807) is 59.5 Å². The maximum Gasteiger partial charge on any atom is 0.289 e. The van der Waals surface area contributed by atoms with E-state index in [2.05, 4.69) is 4.72 Å². The molecule has 3 aromatic rings. The smallest absolute Gasteiger partial charge is 0.289 e. The summed E-state index contributed by atoms with van der Waals surface area (Å²) in [4.78, 5) is 14.6. The van der Waals surface area contributed by atoms with Crippen molar-refractivity contribution in [3.63, 3.8) is 0 Å². The summed E-state index contributed by atoms with van der Waals surface area (Å²) < 4.78 is 46.4. The van der Waals surface area contributed by atoms with Crippen LogP contribution in [0.2, 0.25) is 0 Å². The van der Waals surface area contributed by atoms with E-state index in [1.807, 2.05) is 0 Å². The van der Waals surface area contributed by atoms with Crippen molar-refractivity contribution in [3.8, 4) is 11.3 Å². The number of hydrogen-bond acceptors (Lipinski definition) is 4. The van der Waals surface area contributed by atoms with Crippen LogP contribution in [0.15, 0.2) is 76.0 Å². The highest BCUT2D eigenvalue weighted by atomic mass is 32.2. The topological polar surface area (TPSA) is 79.6 Å². The molecule has 0 radical (unpaired) electrons. The second kappa shape index (κ2) is 8.41. The van der Waals surface area contributed by atoms with E-state index in [1.165, 1.54) is 12.1 Å². The van der Waals surface area contributed by atoms with Crippen LogP contribution < -0.4 is 4.72 Å². The minimum atomic E-state index is -3.58. The number of sulfonamides is 1. The first-order valence-electron chi connectivity index (χ1n) is 9.65. The number of nitrogens with zero attached hydrogens (tertiary/aromatic N) is 1. The summed E-state index contributed by atoms with van der Waals surface area (Å²) in [5.41, 5.74) is 0.685. The van der Waals surface area contributed by atoms with Crippen LogP contribution in [0.3, 0.4) is 0 Å². The van der Waals surface area contributed by atoms with E-state index >= 15 is 0 Å². The lowest BCUT2D eigenvalue weighted by Crippen LogP contribution is -2.46. The van der Waals surface area contributed by atoms with Crippen molar-refractivity contribution in [2.75, 3.05) is 13.1 Å². The molecule has 1 aliphatic rings. The third-order valence-corrected chi connectivity index (χ3v) is 6.64. The number of halogens is 1. The predicted molar refractivity (Wildman–Crippen MR) is 110 cm³/mol. The van der Waals surface area contributed by atoms with Crippen LogP contribution in [-0.4, -0.2) is 38.4 Å². The van der Waals surface area contributed by atoms with Crippen LogP contribution in [0.4, 0.5) is 4.39 Å². The molecule has 0 saturated carbocycles. The van der Waals surface area contributed by atoms with Crippen LogP contribution in [0, 0.1) is 5.82 Å². The minimum absolute atomic E-state index is 0.206. The number of benzene rings is 2. The average Bonchev–Trinajstić information content (AvgIpc) is 3.25. The Morgan fingerprint density at radius 2 is 1.63 bits per heavy atom. The molecule has 1 aromatic heterocycles. The van der Waals surface area contributed by atoms with Gasteiger partial charge in [0.25, 0.3) is 5.91 Å². The number of hydrogen-bond donors (Lipinski definition) is 1. The summed E-state index contributed by atoms with van der Waals surface area (Å²) in [7, 11) is -3.58. The minimum Gasteiger partial charge on any atom is -0.451 e. The van der Waals surface area contributed by atoms with Crippen molar-refractivity contribution in [1.29, 1.82) is 0 Å². The predicted octanol–water partition coefficient (Wildman–Crippen LogP) is 3.67. The lowest BCUT2D eigenvalue weighted by molar-refractivity contribution is 0.0680. The summed E-state index contributed by atoms with van der Waals surface area (Å²) >= 11 is 0. The van der Waals surface area contributed by atoms with Gasteiger partial charge in [-0.3, -0.25) is 4.79 Å². The molecule has 2 heterocycles. The number of nitrogens with one attached hydrogen (secondary N) is 1. The van der Waals surface area contributed by atoms with Gasteiger partial charge in [-0.15, -0.1) is 0 Å². The van der Waals surface area contributed by atoms with Gasteiger partial charge >= 0.3 is 0 Å². The number of rotatable bonds is 5. The van der Waals surface area contributed by atoms with Crippen LogP contribution in [-0.2, 0) is 10.0 Å². The van der Waals surface area contributed by atoms with Crippen molar-refractivity contribution in [3.05, 3.63) is 78.3 Å². The summed E-state index contributed by atoms with van der Waals surface area (Å²) in [5, 5.41) is 0. The fourth-order valence-corrected chi connectivity index (χ4v) is 4.79. The largest absolute Gasteiger partial charge is 0.451 e. The molecule has 1 amide bonds. The molecule has 1 aliphatic heterocycles. The number of piperidine rings is 1. The first-order chi connectivity index (χ1) is 14.4. The normalized spacial score (nSPS) is 15.3. The molecule has 2 aromatic carbocycles. The molecule has 1 fully saturated rings. The Labute approximate surface area is 174 Å². The highest BCUT2D eigenvalue weighted by Gasteiger charge is 2.28. The third-order valence-electron chi connectivity index (χ3n) is 5.10. The van der Waals surface area contributed by atoms with Gasteiger partial charge in [0.2, 0.25) is 10.0 Å². The van der Waals surface area contributed by atoms with Gasteiger partial charge in [0.05, 0.1) is 4.90 Å². The molecule has 156 valence electrons. The lowest BCUT2D eigenvalue weighted by Gasteiger charge is -2.31. The number of amides is 1. The number of carbonyl (C=O) groups excluding carboxylic acids is 1. The molecule has 0 bridgehead atoms. The van der Waals surface area contributed by atoms with Crippen molar-refractivity contribution in [2.24, 2.45) is 0 Å². The summed E-state index contributed by atoms with van der Waals surface area (Å²) in [6.07, 6.45) is 1.03. The molecule has 0 atom stereocenters. The van der Waals surface area contributed by atoms with E-state index < -0.39 is 10.0 Å². The Bertz CT molecular complexity index is 1120.